The van der Waals surface area contributed by atoms with Crippen molar-refractivity contribution in [2.75, 3.05) is 6.61 Å². The van der Waals surface area contributed by atoms with Gasteiger partial charge < -0.3 is 4.74 Å². The van der Waals surface area contributed by atoms with Crippen LogP contribution in [0.1, 0.15) is 19.3 Å². The van der Waals surface area contributed by atoms with E-state index in [0.29, 0.717) is 13.0 Å². The first-order chi connectivity index (χ1) is 5.33. The monoisotopic (exact) mass is 152 g/mol. The van der Waals surface area contributed by atoms with Crippen LogP contribution < -0.4 is 0 Å². The fourth-order valence-electron chi connectivity index (χ4n) is 0.957. The van der Waals surface area contributed by atoms with Gasteiger partial charge in [0.25, 0.3) is 0 Å². The molecule has 0 radical (unpaired) electrons. The number of rotatable bonds is 4. The highest BCUT2D eigenvalue weighted by Gasteiger charge is 2.11. The number of hydrogen-bond donors (Lipinski definition) is 0. The summed E-state index contributed by atoms with van der Waals surface area (Å²) in [6.45, 7) is 4.21. The van der Waals surface area contributed by atoms with Gasteiger partial charge in [-0.2, -0.15) is 0 Å². The highest BCUT2D eigenvalue weighted by Crippen LogP contribution is 2.15. The second-order valence-corrected chi connectivity index (χ2v) is 2.50. The lowest BCUT2D eigenvalue weighted by Gasteiger charge is -2.02. The maximum atomic E-state index is 10.7. The first kappa shape index (κ1) is 8.05. The fraction of sp³-hybridized carbons (Fsp3) is 0.444. The summed E-state index contributed by atoms with van der Waals surface area (Å²) in [6, 6.07) is 0. The van der Waals surface area contributed by atoms with E-state index in [9.17, 15) is 4.79 Å². The quantitative estimate of drug-likeness (QED) is 0.453. The van der Waals surface area contributed by atoms with Crippen molar-refractivity contribution in [2.24, 2.45) is 0 Å². The third kappa shape index (κ3) is 2.58. The van der Waals surface area contributed by atoms with Gasteiger partial charge in [-0.25, -0.2) is 0 Å². The molecule has 0 N–H and O–H groups in total. The van der Waals surface area contributed by atoms with Crippen LogP contribution in [0.2, 0.25) is 0 Å². The molecule has 0 aliphatic heterocycles. The number of carbonyl (C=O) groups is 1. The van der Waals surface area contributed by atoms with Gasteiger partial charge in [0.1, 0.15) is 0 Å². The molecular weight excluding hydrogens is 140 g/mol. The summed E-state index contributed by atoms with van der Waals surface area (Å²) in [5.41, 5.74) is 0. The van der Waals surface area contributed by atoms with Crippen LogP contribution in [-0.4, -0.2) is 12.4 Å². The average Bonchev–Trinajstić information content (AvgIpc) is 2.37. The number of hydrogen-bond acceptors (Lipinski definition) is 2. The summed E-state index contributed by atoms with van der Waals surface area (Å²) >= 11 is 0. The Hall–Kier alpha value is -1.05. The summed E-state index contributed by atoms with van der Waals surface area (Å²) < 4.78 is 5.28. The molecule has 1 aliphatic carbocycles. The largest absolute Gasteiger partial charge is 0.497 e. The van der Waals surface area contributed by atoms with E-state index in [-0.39, 0.29) is 5.78 Å². The molecule has 1 aliphatic rings. The van der Waals surface area contributed by atoms with E-state index < -0.39 is 0 Å². The van der Waals surface area contributed by atoms with Crippen molar-refractivity contribution in [3.05, 3.63) is 24.5 Å². The van der Waals surface area contributed by atoms with Gasteiger partial charge in [0.05, 0.1) is 12.4 Å². The van der Waals surface area contributed by atoms with Crippen LogP contribution in [0.25, 0.3) is 0 Å². The predicted molar refractivity (Wildman–Crippen MR) is 43.1 cm³/mol. The lowest BCUT2D eigenvalue weighted by molar-refractivity contribution is -0.114. The van der Waals surface area contributed by atoms with Crippen LogP contribution in [0.4, 0.5) is 0 Å². The molecule has 0 fully saturated rings. The van der Waals surface area contributed by atoms with Crippen LogP contribution in [0.15, 0.2) is 24.5 Å². The smallest absolute Gasteiger partial charge is 0.159 e. The maximum absolute atomic E-state index is 10.7. The Morgan fingerprint density at radius 3 is 3.00 bits per heavy atom. The minimum Gasteiger partial charge on any atom is -0.497 e. The molecule has 0 unspecified atom stereocenters. The lowest BCUT2D eigenvalue weighted by Crippen LogP contribution is -1.90. The number of ether oxygens (including phenoxy) is 1. The average molecular weight is 152 g/mol. The van der Waals surface area contributed by atoms with Crippen LogP contribution in [0, 0.1) is 0 Å². The fourth-order valence-corrected chi connectivity index (χ4v) is 0.957. The Morgan fingerprint density at radius 2 is 2.45 bits per heavy atom. The van der Waals surface area contributed by atoms with Crippen molar-refractivity contribution in [1.29, 1.82) is 0 Å². The molecule has 0 saturated carbocycles. The molecule has 11 heavy (non-hydrogen) atoms. The molecule has 0 spiro atoms. The minimum absolute atomic E-state index is 0.179. The molecule has 0 saturated heterocycles. The molecule has 0 bridgehead atoms. The molecule has 1 rings (SSSR count). The third-order valence-corrected chi connectivity index (χ3v) is 1.55. The van der Waals surface area contributed by atoms with Crippen molar-refractivity contribution in [3.63, 3.8) is 0 Å². The molecule has 0 aromatic carbocycles. The summed E-state index contributed by atoms with van der Waals surface area (Å²) in [4.78, 5) is 10.7. The van der Waals surface area contributed by atoms with Gasteiger partial charge in [0, 0.05) is 18.9 Å². The van der Waals surface area contributed by atoms with E-state index in [1.165, 1.54) is 0 Å². The van der Waals surface area contributed by atoms with Gasteiger partial charge in [-0.05, 0) is 6.42 Å². The molecule has 0 aromatic rings. The Kier molecular flexibility index (Phi) is 2.90. The zero-order chi connectivity index (χ0) is 8.10. The van der Waals surface area contributed by atoms with Crippen molar-refractivity contribution in [1.82, 2.24) is 0 Å². The van der Waals surface area contributed by atoms with Gasteiger partial charge in [0.15, 0.2) is 5.78 Å². The van der Waals surface area contributed by atoms with Gasteiger partial charge in [0.2, 0.25) is 0 Å². The zero-order valence-electron chi connectivity index (χ0n) is 6.51. The van der Waals surface area contributed by atoms with E-state index in [0.717, 1.165) is 18.6 Å². The number of carbonyl (C=O) groups excluding carboxylic acids is 1. The SMILES string of the molecule is C=CCCOC1=CC(=O)CC1. The van der Waals surface area contributed by atoms with Crippen molar-refractivity contribution >= 4 is 5.78 Å². The highest BCUT2D eigenvalue weighted by molar-refractivity contribution is 5.92. The Labute approximate surface area is 66.5 Å². The van der Waals surface area contributed by atoms with Gasteiger partial charge in [-0.15, -0.1) is 6.58 Å². The number of allylic oxidation sites excluding steroid dienone is 2. The molecule has 0 atom stereocenters. The van der Waals surface area contributed by atoms with Crippen molar-refractivity contribution < 1.29 is 9.53 Å². The molecule has 0 heterocycles. The van der Waals surface area contributed by atoms with Gasteiger partial charge in [-0.1, -0.05) is 6.08 Å². The van der Waals surface area contributed by atoms with E-state index in [4.69, 9.17) is 4.74 Å². The molecular formula is C9H12O2. The highest BCUT2D eigenvalue weighted by atomic mass is 16.5. The number of ketones is 1. The molecule has 0 aromatic heterocycles. The summed E-state index contributed by atoms with van der Waals surface area (Å²) in [7, 11) is 0. The van der Waals surface area contributed by atoms with Crippen LogP contribution in [-0.2, 0) is 9.53 Å². The topological polar surface area (TPSA) is 26.3 Å². The maximum Gasteiger partial charge on any atom is 0.159 e. The van der Waals surface area contributed by atoms with E-state index in [1.807, 2.05) is 0 Å². The van der Waals surface area contributed by atoms with E-state index >= 15 is 0 Å². The predicted octanol–water partition coefficient (Wildman–Crippen LogP) is 1.83. The van der Waals surface area contributed by atoms with Gasteiger partial charge in [-0.3, -0.25) is 4.79 Å². The third-order valence-electron chi connectivity index (χ3n) is 1.55. The first-order valence-corrected chi connectivity index (χ1v) is 3.80. The second-order valence-electron chi connectivity index (χ2n) is 2.50. The minimum atomic E-state index is 0.179. The molecule has 2 heteroatoms. The lowest BCUT2D eigenvalue weighted by atomic mass is 10.3. The first-order valence-electron chi connectivity index (χ1n) is 3.80. The van der Waals surface area contributed by atoms with Gasteiger partial charge >= 0.3 is 0 Å². The van der Waals surface area contributed by atoms with Crippen LogP contribution in [0.5, 0.6) is 0 Å². The standard InChI is InChI=1S/C9H12O2/c1-2-3-6-11-9-5-4-8(10)7-9/h2,7H,1,3-6H2. The van der Waals surface area contributed by atoms with E-state index in [2.05, 4.69) is 6.58 Å². The second kappa shape index (κ2) is 3.96. The van der Waals surface area contributed by atoms with E-state index in [1.54, 1.807) is 12.2 Å². The normalized spacial score (nSPS) is 16.4. The molecule has 2 nitrogen and oxygen atoms in total. The Balaban J connectivity index is 2.21. The Bertz CT molecular complexity index is 192. The molecule has 60 valence electrons. The van der Waals surface area contributed by atoms with Crippen molar-refractivity contribution in [3.8, 4) is 0 Å². The summed E-state index contributed by atoms with van der Waals surface area (Å²) in [6.07, 6.45) is 5.62. The zero-order valence-corrected chi connectivity index (χ0v) is 6.51. The summed E-state index contributed by atoms with van der Waals surface area (Å²) in [5, 5.41) is 0. The van der Waals surface area contributed by atoms with Crippen LogP contribution in [0.3, 0.4) is 0 Å². The Morgan fingerprint density at radius 1 is 1.64 bits per heavy atom. The van der Waals surface area contributed by atoms with Crippen LogP contribution >= 0.6 is 0 Å². The molecule has 0 amide bonds. The van der Waals surface area contributed by atoms with Crippen molar-refractivity contribution in [2.45, 2.75) is 19.3 Å². The summed E-state index contributed by atoms with van der Waals surface area (Å²) in [5.74, 6) is 1.01.